The minimum Gasteiger partial charge on any atom is -0.385 e. The van der Waals surface area contributed by atoms with Crippen LogP contribution in [0.15, 0.2) is 35.5 Å². The topological polar surface area (TPSA) is 89.6 Å². The van der Waals surface area contributed by atoms with Crippen LogP contribution in [0.5, 0.6) is 0 Å². The number of pyridine rings is 1. The number of nitrogens with two attached hydrogens (primary N) is 1. The number of amidine groups is 1. The van der Waals surface area contributed by atoms with Crippen molar-refractivity contribution in [2.24, 2.45) is 10.7 Å². The van der Waals surface area contributed by atoms with E-state index < -0.39 is 47.9 Å². The summed E-state index contributed by atoms with van der Waals surface area (Å²) < 4.78 is 85.2. The molecule has 0 radical (unpaired) electrons. The largest absolute Gasteiger partial charge is 0.424 e. The lowest BCUT2D eigenvalue weighted by Gasteiger charge is -2.41. The number of aromatic nitrogens is 1. The van der Waals surface area contributed by atoms with Gasteiger partial charge in [-0.05, 0) is 50.6 Å². The van der Waals surface area contributed by atoms with Gasteiger partial charge in [0.15, 0.2) is 0 Å². The van der Waals surface area contributed by atoms with E-state index in [2.05, 4.69) is 15.3 Å². The highest BCUT2D eigenvalue weighted by atomic mass is 35.5. The van der Waals surface area contributed by atoms with Crippen LogP contribution in [0.1, 0.15) is 47.5 Å². The van der Waals surface area contributed by atoms with Crippen molar-refractivity contribution in [3.63, 3.8) is 0 Å². The second kappa shape index (κ2) is 9.41. The first-order chi connectivity index (χ1) is 15.2. The number of nitrogens with zero attached hydrogens (tertiary/aromatic N) is 2. The number of rotatable bonds is 4. The first kappa shape index (κ1) is 27.4. The van der Waals surface area contributed by atoms with Gasteiger partial charge in [-0.15, -0.1) is 12.4 Å². The Balaban J connectivity index is 0.00000408. The van der Waals surface area contributed by atoms with Gasteiger partial charge in [0.1, 0.15) is 22.9 Å². The van der Waals surface area contributed by atoms with E-state index >= 15 is 0 Å². The van der Waals surface area contributed by atoms with Crippen LogP contribution in [0.4, 0.5) is 32.0 Å². The fourth-order valence-corrected chi connectivity index (χ4v) is 3.29. The van der Waals surface area contributed by atoms with Gasteiger partial charge in [-0.2, -0.15) is 13.2 Å². The third-order valence-electron chi connectivity index (χ3n) is 5.41. The summed E-state index contributed by atoms with van der Waals surface area (Å²) in [7, 11) is 0. The summed E-state index contributed by atoms with van der Waals surface area (Å²) in [6.45, 7) is 2.87. The van der Waals surface area contributed by atoms with Gasteiger partial charge in [0, 0.05) is 23.0 Å². The maximum atomic E-state index is 14.6. The number of alkyl halides is 5. The fraction of sp³-hybridized carbons (Fsp3) is 0.381. The molecule has 0 spiro atoms. The number of nitrogens with one attached hydrogen (secondary N) is 1. The van der Waals surface area contributed by atoms with Crippen molar-refractivity contribution in [2.45, 2.75) is 44.5 Å². The minimum absolute atomic E-state index is 0. The Labute approximate surface area is 197 Å². The second-order valence-corrected chi connectivity index (χ2v) is 7.97. The number of aryl methyl sites for hydroxylation is 1. The molecule has 2 atom stereocenters. The van der Waals surface area contributed by atoms with Crippen molar-refractivity contribution in [3.8, 4) is 0 Å². The van der Waals surface area contributed by atoms with Gasteiger partial charge >= 0.3 is 6.18 Å². The Morgan fingerprint density at radius 3 is 2.41 bits per heavy atom. The van der Waals surface area contributed by atoms with E-state index in [0.29, 0.717) is 0 Å². The van der Waals surface area contributed by atoms with Gasteiger partial charge in [-0.25, -0.2) is 13.2 Å². The quantitative estimate of drug-likeness (QED) is 0.562. The van der Waals surface area contributed by atoms with E-state index in [-0.39, 0.29) is 40.5 Å². The highest BCUT2D eigenvalue weighted by Crippen LogP contribution is 2.41. The molecule has 0 bridgehead atoms. The number of carbonyl (C=O) groups excluding carboxylic acids is 1. The molecule has 1 aliphatic heterocycles. The number of halogens is 7. The number of benzene rings is 1. The normalized spacial score (nSPS) is 22.7. The molecule has 0 fully saturated rings. The van der Waals surface area contributed by atoms with Gasteiger partial charge < -0.3 is 15.8 Å². The Bertz CT molecular complexity index is 1130. The highest BCUT2D eigenvalue weighted by molar-refractivity contribution is 6.03. The van der Waals surface area contributed by atoms with E-state index in [4.69, 9.17) is 10.5 Å². The van der Waals surface area contributed by atoms with Gasteiger partial charge in [0.25, 0.3) is 12.3 Å². The van der Waals surface area contributed by atoms with E-state index in [1.54, 1.807) is 0 Å². The Morgan fingerprint density at radius 1 is 1.24 bits per heavy atom. The molecule has 0 unspecified atom stereocenters. The predicted octanol–water partition coefficient (Wildman–Crippen LogP) is 5.06. The van der Waals surface area contributed by atoms with Crippen LogP contribution in [0.3, 0.4) is 0 Å². The van der Waals surface area contributed by atoms with Crippen molar-refractivity contribution in [1.82, 2.24) is 4.98 Å². The summed E-state index contributed by atoms with van der Waals surface area (Å²) in [6, 6.07) is 4.53. The Morgan fingerprint density at radius 2 is 1.88 bits per heavy atom. The highest BCUT2D eigenvalue weighted by Gasteiger charge is 2.59. The van der Waals surface area contributed by atoms with Crippen LogP contribution >= 0.6 is 12.4 Å². The Hall–Kier alpha value is -2.86. The van der Waals surface area contributed by atoms with Crippen LogP contribution in [0, 0.1) is 12.7 Å². The van der Waals surface area contributed by atoms with Gasteiger partial charge in [-0.3, -0.25) is 14.8 Å². The lowest BCUT2D eigenvalue weighted by Crippen LogP contribution is -2.60. The van der Waals surface area contributed by atoms with E-state index in [1.807, 2.05) is 0 Å². The number of ether oxygens (including phenoxy) is 1. The van der Waals surface area contributed by atoms with E-state index in [0.717, 1.165) is 25.3 Å². The maximum absolute atomic E-state index is 14.6. The van der Waals surface area contributed by atoms with Crippen LogP contribution in [-0.2, 0) is 10.3 Å². The first-order valence-electron chi connectivity index (χ1n) is 9.60. The molecular formula is C21H21ClF6N4O2. The summed E-state index contributed by atoms with van der Waals surface area (Å²) in [5, 5.41) is 2.47. The number of carbonyl (C=O) groups is 1. The van der Waals surface area contributed by atoms with Crippen LogP contribution < -0.4 is 11.1 Å². The summed E-state index contributed by atoms with van der Waals surface area (Å²) in [5.41, 5.74) is 0.780. The number of amides is 1. The molecule has 13 heteroatoms. The molecular weight excluding hydrogens is 490 g/mol. The van der Waals surface area contributed by atoms with Crippen molar-refractivity contribution in [1.29, 1.82) is 0 Å². The first-order valence-corrected chi connectivity index (χ1v) is 9.60. The summed E-state index contributed by atoms with van der Waals surface area (Å²) in [6.07, 6.45) is -6.71. The van der Waals surface area contributed by atoms with Crippen LogP contribution in [0.2, 0.25) is 0 Å². The zero-order valence-corrected chi connectivity index (χ0v) is 19.0. The van der Waals surface area contributed by atoms with Crippen molar-refractivity contribution >= 4 is 29.8 Å². The number of hydrogen-bond acceptors (Lipinski definition) is 5. The van der Waals surface area contributed by atoms with Crippen molar-refractivity contribution in [2.75, 3.05) is 11.9 Å². The monoisotopic (exact) mass is 510 g/mol. The average molecular weight is 511 g/mol. The average Bonchev–Trinajstić information content (AvgIpc) is 2.71. The second-order valence-electron chi connectivity index (χ2n) is 7.97. The molecule has 186 valence electrons. The van der Waals surface area contributed by atoms with Gasteiger partial charge in [0.05, 0.1) is 6.61 Å². The number of anilines is 1. The van der Waals surface area contributed by atoms with Gasteiger partial charge in [0.2, 0.25) is 5.60 Å². The zero-order chi connectivity index (χ0) is 24.8. The van der Waals surface area contributed by atoms with Crippen LogP contribution in [-0.4, -0.2) is 35.1 Å². The molecule has 6 nitrogen and oxygen atoms in total. The molecule has 2 aromatic rings. The third kappa shape index (κ3) is 4.97. The third-order valence-corrected chi connectivity index (χ3v) is 5.41. The van der Waals surface area contributed by atoms with Crippen molar-refractivity contribution < 1.29 is 35.9 Å². The van der Waals surface area contributed by atoms with Gasteiger partial charge in [-0.1, -0.05) is 0 Å². The molecule has 1 aliphatic rings. The smallest absolute Gasteiger partial charge is 0.385 e. The molecule has 3 rings (SSSR count). The van der Waals surface area contributed by atoms with E-state index in [1.165, 1.54) is 26.0 Å². The predicted molar refractivity (Wildman–Crippen MR) is 115 cm³/mol. The number of hydrogen-bond donors (Lipinski definition) is 2. The zero-order valence-electron chi connectivity index (χ0n) is 18.1. The van der Waals surface area contributed by atoms with Crippen molar-refractivity contribution in [3.05, 3.63) is 58.7 Å². The maximum Gasteiger partial charge on any atom is 0.424 e. The fourth-order valence-electron chi connectivity index (χ4n) is 3.29. The SMILES string of the molecule is Cc1cc(C(F)F)cnc1C(=O)Nc1ccc(F)c([C@]2(C)CO[C@@](C)(C(F)(F)F)C(N)=N2)c1.Cl. The lowest BCUT2D eigenvalue weighted by molar-refractivity contribution is -0.249. The molecule has 1 aromatic heterocycles. The molecule has 2 heterocycles. The summed E-state index contributed by atoms with van der Waals surface area (Å²) in [4.78, 5) is 20.2. The van der Waals surface area contributed by atoms with Crippen LogP contribution in [0.25, 0.3) is 0 Å². The van der Waals surface area contributed by atoms with E-state index in [9.17, 15) is 31.1 Å². The standard InChI is InChI=1S/C21H20F6N4O2.ClH/c1-10-6-11(16(23)24)8-29-15(10)17(32)30-12-4-5-14(22)13(7-12)19(2)9-33-20(3,18(28)31-19)21(25,26)27;/h4-8,16H,9H2,1-3H3,(H2,28,31)(H,30,32);1H/t19-,20+;/m0./s1. The molecule has 3 N–H and O–H groups in total. The summed E-state index contributed by atoms with van der Waals surface area (Å²) in [5.74, 6) is -2.41. The molecule has 34 heavy (non-hydrogen) atoms. The molecule has 0 aliphatic carbocycles. The number of aliphatic imine (C=N–C) groups is 1. The minimum atomic E-state index is -4.83. The molecule has 1 aromatic carbocycles. The lowest BCUT2D eigenvalue weighted by atomic mass is 9.89. The molecule has 1 amide bonds. The molecule has 0 saturated carbocycles. The molecule has 0 saturated heterocycles. The Kier molecular flexibility index (Phi) is 7.58. The summed E-state index contributed by atoms with van der Waals surface area (Å²) >= 11 is 0.